The van der Waals surface area contributed by atoms with Crippen LogP contribution in [-0.4, -0.2) is 24.6 Å². The highest BCUT2D eigenvalue weighted by molar-refractivity contribution is 7.90. The molecule has 0 radical (unpaired) electrons. The zero-order valence-corrected chi connectivity index (χ0v) is 13.3. The fraction of sp³-hybridized carbons (Fsp3) is 0.0769. The number of nitrogens with one attached hydrogen (secondary N) is 1. The average Bonchev–Trinajstić information content (AvgIpc) is 2.80. The molecular weight excluding hydrogens is 330 g/mol. The number of rotatable bonds is 3. The molecule has 1 N–H and O–H groups in total. The second kappa shape index (κ2) is 5.25. The fourth-order valence-electron chi connectivity index (χ4n) is 1.85. The molecule has 0 spiro atoms. The van der Waals surface area contributed by atoms with Crippen LogP contribution in [0.1, 0.15) is 0 Å². The third-order valence-electron chi connectivity index (χ3n) is 2.84. The van der Waals surface area contributed by atoms with Gasteiger partial charge in [0.15, 0.2) is 9.84 Å². The van der Waals surface area contributed by atoms with E-state index in [4.69, 9.17) is 11.6 Å². The van der Waals surface area contributed by atoms with Crippen LogP contribution in [-0.2, 0) is 9.84 Å². The maximum atomic E-state index is 11.4. The van der Waals surface area contributed by atoms with Crippen LogP contribution >= 0.6 is 22.9 Å². The number of halogens is 1. The number of fused-ring (bicyclic) bond motifs is 1. The number of aromatic nitrogens is 2. The van der Waals surface area contributed by atoms with Crippen molar-refractivity contribution in [3.05, 3.63) is 41.0 Å². The second-order valence-electron chi connectivity index (χ2n) is 4.41. The maximum Gasteiger partial charge on any atom is 0.175 e. The van der Waals surface area contributed by atoms with E-state index in [-0.39, 0.29) is 4.90 Å². The first kappa shape index (κ1) is 14.2. The molecule has 0 saturated carbocycles. The first-order valence-electron chi connectivity index (χ1n) is 5.91. The summed E-state index contributed by atoms with van der Waals surface area (Å²) in [4.78, 5) is 9.42. The van der Waals surface area contributed by atoms with Crippen molar-refractivity contribution in [1.82, 2.24) is 9.97 Å². The zero-order valence-electron chi connectivity index (χ0n) is 10.9. The Balaban J connectivity index is 1.95. The summed E-state index contributed by atoms with van der Waals surface area (Å²) in [6.07, 6.45) is 2.64. The first-order valence-corrected chi connectivity index (χ1v) is 8.99. The lowest BCUT2D eigenvalue weighted by atomic mass is 10.3. The van der Waals surface area contributed by atoms with Crippen molar-refractivity contribution in [1.29, 1.82) is 0 Å². The minimum Gasteiger partial charge on any atom is -0.340 e. The molecule has 2 aromatic heterocycles. The molecular formula is C13H10ClN3O2S2. The van der Waals surface area contributed by atoms with Crippen molar-refractivity contribution < 1.29 is 8.42 Å². The summed E-state index contributed by atoms with van der Waals surface area (Å²) in [6.45, 7) is 0. The Morgan fingerprint density at radius 1 is 1.19 bits per heavy atom. The van der Waals surface area contributed by atoms with E-state index in [1.54, 1.807) is 30.3 Å². The van der Waals surface area contributed by atoms with Gasteiger partial charge >= 0.3 is 0 Å². The van der Waals surface area contributed by atoms with E-state index in [1.807, 2.05) is 0 Å². The van der Waals surface area contributed by atoms with Gasteiger partial charge in [-0.15, -0.1) is 11.3 Å². The summed E-state index contributed by atoms with van der Waals surface area (Å²) in [5.74, 6) is 0.634. The molecule has 2 heterocycles. The minimum atomic E-state index is -3.19. The predicted molar refractivity (Wildman–Crippen MR) is 85.3 cm³/mol. The lowest BCUT2D eigenvalue weighted by molar-refractivity contribution is 0.602. The number of sulfone groups is 1. The summed E-state index contributed by atoms with van der Waals surface area (Å²) in [5, 5.41) is 3.97. The molecule has 0 aliphatic heterocycles. The first-order chi connectivity index (χ1) is 9.93. The SMILES string of the molecule is CS(=O)(=O)c1ccc(Nc2ncnc3sc(Cl)cc23)cc1. The largest absolute Gasteiger partial charge is 0.340 e. The molecule has 0 saturated heterocycles. The summed E-state index contributed by atoms with van der Waals surface area (Å²) in [5.41, 5.74) is 0.740. The van der Waals surface area contributed by atoms with E-state index in [0.29, 0.717) is 10.2 Å². The molecule has 3 rings (SSSR count). The van der Waals surface area contributed by atoms with Crippen molar-refractivity contribution in [2.75, 3.05) is 11.6 Å². The van der Waals surface area contributed by atoms with Crippen LogP contribution < -0.4 is 5.32 Å². The molecule has 21 heavy (non-hydrogen) atoms. The van der Waals surface area contributed by atoms with Crippen LogP contribution in [0.2, 0.25) is 4.34 Å². The van der Waals surface area contributed by atoms with E-state index < -0.39 is 9.84 Å². The van der Waals surface area contributed by atoms with Crippen LogP contribution in [0.15, 0.2) is 41.6 Å². The molecule has 0 amide bonds. The number of hydrogen-bond donors (Lipinski definition) is 1. The standard InChI is InChI=1S/C13H10ClN3O2S2/c1-21(18,19)9-4-2-8(3-5-9)17-12-10-6-11(14)20-13(10)16-7-15-12/h2-7H,1H3,(H,15,16,17). The molecule has 8 heteroatoms. The summed E-state index contributed by atoms with van der Waals surface area (Å²) >= 11 is 7.36. The van der Waals surface area contributed by atoms with Gasteiger partial charge in [-0.25, -0.2) is 18.4 Å². The summed E-state index contributed by atoms with van der Waals surface area (Å²) in [7, 11) is -3.19. The van der Waals surface area contributed by atoms with Gasteiger partial charge in [0.25, 0.3) is 0 Å². The van der Waals surface area contributed by atoms with Crippen LogP contribution in [0.25, 0.3) is 10.2 Å². The lowest BCUT2D eigenvalue weighted by Crippen LogP contribution is -1.98. The van der Waals surface area contributed by atoms with Gasteiger partial charge in [0, 0.05) is 11.9 Å². The van der Waals surface area contributed by atoms with Gasteiger partial charge in [-0.2, -0.15) is 0 Å². The highest BCUT2D eigenvalue weighted by Crippen LogP contribution is 2.32. The maximum absolute atomic E-state index is 11.4. The van der Waals surface area contributed by atoms with E-state index in [1.165, 1.54) is 23.9 Å². The molecule has 0 fully saturated rings. The Labute approximate surface area is 130 Å². The van der Waals surface area contributed by atoms with Crippen molar-refractivity contribution in [2.45, 2.75) is 4.90 Å². The zero-order chi connectivity index (χ0) is 15.0. The molecule has 0 atom stereocenters. The molecule has 108 valence electrons. The van der Waals surface area contributed by atoms with Crippen LogP contribution in [0, 0.1) is 0 Å². The normalized spacial score (nSPS) is 11.7. The molecule has 0 unspecified atom stereocenters. The molecule has 0 aliphatic rings. The Hall–Kier alpha value is -1.70. The summed E-state index contributed by atoms with van der Waals surface area (Å²) in [6, 6.07) is 8.29. The average molecular weight is 340 g/mol. The fourth-order valence-corrected chi connectivity index (χ4v) is 3.53. The second-order valence-corrected chi connectivity index (χ2v) is 8.09. The van der Waals surface area contributed by atoms with Crippen molar-refractivity contribution in [2.24, 2.45) is 0 Å². The molecule has 0 aliphatic carbocycles. The van der Waals surface area contributed by atoms with E-state index >= 15 is 0 Å². The highest BCUT2D eigenvalue weighted by atomic mass is 35.5. The van der Waals surface area contributed by atoms with Gasteiger partial charge in [-0.05, 0) is 30.3 Å². The number of thiophene rings is 1. The van der Waals surface area contributed by atoms with Gasteiger partial charge in [0.2, 0.25) is 0 Å². The Morgan fingerprint density at radius 3 is 2.57 bits per heavy atom. The number of nitrogens with zero attached hydrogens (tertiary/aromatic N) is 2. The Morgan fingerprint density at radius 2 is 1.90 bits per heavy atom. The minimum absolute atomic E-state index is 0.277. The third-order valence-corrected chi connectivity index (χ3v) is 5.15. The van der Waals surface area contributed by atoms with Crippen molar-refractivity contribution >= 4 is 54.5 Å². The summed E-state index contributed by atoms with van der Waals surface area (Å²) < 4.78 is 23.5. The number of anilines is 2. The van der Waals surface area contributed by atoms with Crippen LogP contribution in [0.3, 0.4) is 0 Å². The number of benzene rings is 1. The highest BCUT2D eigenvalue weighted by Gasteiger charge is 2.09. The van der Waals surface area contributed by atoms with E-state index in [2.05, 4.69) is 15.3 Å². The number of hydrogen-bond acceptors (Lipinski definition) is 6. The molecule has 0 bridgehead atoms. The topological polar surface area (TPSA) is 72.0 Å². The molecule has 5 nitrogen and oxygen atoms in total. The predicted octanol–water partition coefficient (Wildman–Crippen LogP) is 3.49. The monoisotopic (exact) mass is 339 g/mol. The quantitative estimate of drug-likeness (QED) is 0.790. The molecule has 3 aromatic rings. The van der Waals surface area contributed by atoms with Crippen molar-refractivity contribution in [3.63, 3.8) is 0 Å². The van der Waals surface area contributed by atoms with Gasteiger partial charge in [0.05, 0.1) is 14.6 Å². The van der Waals surface area contributed by atoms with Gasteiger partial charge < -0.3 is 5.32 Å². The van der Waals surface area contributed by atoms with Crippen molar-refractivity contribution in [3.8, 4) is 0 Å². The smallest absolute Gasteiger partial charge is 0.175 e. The van der Waals surface area contributed by atoms with E-state index in [9.17, 15) is 8.42 Å². The Kier molecular flexibility index (Phi) is 3.56. The van der Waals surface area contributed by atoms with Crippen LogP contribution in [0.4, 0.5) is 11.5 Å². The lowest BCUT2D eigenvalue weighted by Gasteiger charge is -2.07. The van der Waals surface area contributed by atoms with Crippen LogP contribution in [0.5, 0.6) is 0 Å². The van der Waals surface area contributed by atoms with E-state index in [0.717, 1.165) is 15.9 Å². The third kappa shape index (κ3) is 2.99. The van der Waals surface area contributed by atoms with Gasteiger partial charge in [-0.3, -0.25) is 0 Å². The Bertz CT molecular complexity index is 905. The van der Waals surface area contributed by atoms with Gasteiger partial charge in [-0.1, -0.05) is 11.6 Å². The van der Waals surface area contributed by atoms with Gasteiger partial charge in [0.1, 0.15) is 17.0 Å². The molecule has 1 aromatic carbocycles.